The molecule has 0 spiro atoms. The second kappa shape index (κ2) is 6.74. The van der Waals surface area contributed by atoms with Gasteiger partial charge in [-0.25, -0.2) is 4.68 Å². The number of hydrogen-bond donors (Lipinski definition) is 1. The summed E-state index contributed by atoms with van der Waals surface area (Å²) < 4.78 is 6.33. The van der Waals surface area contributed by atoms with Gasteiger partial charge < -0.3 is 9.84 Å². The highest BCUT2D eigenvalue weighted by atomic mass is 16.5. The summed E-state index contributed by atoms with van der Waals surface area (Å²) in [4.78, 5) is 25.6. The average molecular weight is 354 g/mol. The normalized spacial score (nSPS) is 12.3. The van der Waals surface area contributed by atoms with Crippen LogP contribution >= 0.6 is 0 Å². The maximum atomic E-state index is 12.9. The molecule has 1 atom stereocenters. The number of nitrogens with one attached hydrogen (secondary N) is 1. The molecule has 0 saturated heterocycles. The van der Waals surface area contributed by atoms with Gasteiger partial charge in [-0.2, -0.15) is 5.10 Å². The fraction of sp³-hybridized carbons (Fsp3) is 0.368. The van der Waals surface area contributed by atoms with E-state index in [4.69, 9.17) is 4.52 Å². The zero-order valence-corrected chi connectivity index (χ0v) is 15.6. The highest BCUT2D eigenvalue weighted by Crippen LogP contribution is 2.22. The summed E-state index contributed by atoms with van der Waals surface area (Å²) in [5.41, 5.74) is 3.20. The third-order valence-corrected chi connectivity index (χ3v) is 4.74. The molecule has 0 radical (unpaired) electrons. The predicted molar refractivity (Wildman–Crippen MR) is 99.4 cm³/mol. The highest BCUT2D eigenvalue weighted by Gasteiger charge is 2.25. The average Bonchev–Trinajstić information content (AvgIpc) is 2.99. The van der Waals surface area contributed by atoms with E-state index in [9.17, 15) is 9.59 Å². The molecule has 136 valence electrons. The van der Waals surface area contributed by atoms with Crippen molar-refractivity contribution in [2.24, 2.45) is 0 Å². The third-order valence-electron chi connectivity index (χ3n) is 4.74. The van der Waals surface area contributed by atoms with Gasteiger partial charge in [-0.15, -0.1) is 0 Å². The second-order valence-corrected chi connectivity index (χ2v) is 6.46. The van der Waals surface area contributed by atoms with Gasteiger partial charge in [0, 0.05) is 5.69 Å². The van der Waals surface area contributed by atoms with Gasteiger partial charge in [0.05, 0.1) is 11.1 Å². The van der Waals surface area contributed by atoms with Crippen molar-refractivity contribution in [1.82, 2.24) is 14.9 Å². The van der Waals surface area contributed by atoms with Crippen molar-refractivity contribution in [3.05, 3.63) is 51.1 Å². The maximum Gasteiger partial charge on any atom is 0.297 e. The van der Waals surface area contributed by atoms with Crippen LogP contribution in [0.3, 0.4) is 0 Å². The van der Waals surface area contributed by atoms with Crippen LogP contribution < -0.4 is 10.9 Å². The van der Waals surface area contributed by atoms with Crippen molar-refractivity contribution in [2.45, 2.75) is 47.1 Å². The molecule has 1 amide bonds. The number of fused-ring (bicyclic) bond motifs is 1. The Morgan fingerprint density at radius 3 is 2.69 bits per heavy atom. The third kappa shape index (κ3) is 2.89. The van der Waals surface area contributed by atoms with Crippen molar-refractivity contribution < 1.29 is 9.32 Å². The lowest BCUT2D eigenvalue weighted by molar-refractivity contribution is -0.119. The van der Waals surface area contributed by atoms with Gasteiger partial charge in [0.2, 0.25) is 5.91 Å². The predicted octanol–water partition coefficient (Wildman–Crippen LogP) is 3.21. The van der Waals surface area contributed by atoms with Crippen LogP contribution in [0, 0.1) is 27.7 Å². The van der Waals surface area contributed by atoms with E-state index in [-0.39, 0.29) is 11.4 Å². The Morgan fingerprint density at radius 1 is 1.27 bits per heavy atom. The summed E-state index contributed by atoms with van der Waals surface area (Å²) in [7, 11) is 0. The Hall–Kier alpha value is -2.96. The first kappa shape index (κ1) is 17.8. The quantitative estimate of drug-likeness (QED) is 0.777. The number of carbonyl (C=O) groups is 1. The Balaban J connectivity index is 2.02. The number of anilines is 1. The van der Waals surface area contributed by atoms with Gasteiger partial charge in [-0.3, -0.25) is 9.59 Å². The smallest absolute Gasteiger partial charge is 0.297 e. The van der Waals surface area contributed by atoms with Gasteiger partial charge in [0.15, 0.2) is 5.52 Å². The van der Waals surface area contributed by atoms with Gasteiger partial charge in [-0.1, -0.05) is 24.2 Å². The molecule has 3 aromatic rings. The van der Waals surface area contributed by atoms with Crippen LogP contribution in [0.1, 0.15) is 42.0 Å². The topological polar surface area (TPSA) is 90.0 Å². The van der Waals surface area contributed by atoms with Gasteiger partial charge in [-0.05, 0) is 51.3 Å². The van der Waals surface area contributed by atoms with Crippen molar-refractivity contribution >= 4 is 22.5 Å². The first-order chi connectivity index (χ1) is 12.3. The fourth-order valence-electron chi connectivity index (χ4n) is 3.09. The van der Waals surface area contributed by atoms with Crippen LogP contribution in [0.25, 0.3) is 10.9 Å². The number of amides is 1. The molecule has 0 aliphatic carbocycles. The number of rotatable bonds is 4. The summed E-state index contributed by atoms with van der Waals surface area (Å²) in [5, 5.41) is 11.7. The van der Waals surface area contributed by atoms with E-state index in [0.29, 0.717) is 23.3 Å². The van der Waals surface area contributed by atoms with Gasteiger partial charge >= 0.3 is 0 Å². The zero-order chi connectivity index (χ0) is 19.0. The molecular weight excluding hydrogens is 332 g/mol. The molecule has 0 aliphatic rings. The Kier molecular flexibility index (Phi) is 4.63. The summed E-state index contributed by atoms with van der Waals surface area (Å²) in [6.07, 6.45) is 0.422. The zero-order valence-electron chi connectivity index (χ0n) is 15.6. The monoisotopic (exact) mass is 354 g/mol. The molecule has 7 heteroatoms. The Labute approximate surface area is 151 Å². The molecule has 1 N–H and O–H groups in total. The van der Waals surface area contributed by atoms with Crippen LogP contribution in [0.5, 0.6) is 0 Å². The summed E-state index contributed by atoms with van der Waals surface area (Å²) in [6.45, 7) is 9.29. The number of aryl methyl sites for hydroxylation is 3. The van der Waals surface area contributed by atoms with E-state index in [2.05, 4.69) is 15.6 Å². The number of benzene rings is 1. The van der Waals surface area contributed by atoms with Crippen molar-refractivity contribution in [1.29, 1.82) is 0 Å². The largest absolute Gasteiger partial charge is 0.360 e. The Morgan fingerprint density at radius 2 is 2.00 bits per heavy atom. The molecule has 0 saturated carbocycles. The molecule has 26 heavy (non-hydrogen) atoms. The van der Waals surface area contributed by atoms with E-state index >= 15 is 0 Å². The van der Waals surface area contributed by atoms with E-state index in [1.165, 1.54) is 4.68 Å². The minimum atomic E-state index is -0.734. The fourth-order valence-corrected chi connectivity index (χ4v) is 3.09. The maximum absolute atomic E-state index is 12.9. The molecule has 0 aliphatic heterocycles. The SMILES string of the molecule is CCC(C(=O)Nc1cccc(C)c1C)n1nc(C)c2c(C)onc2c1=O. The standard InChI is InChI=1S/C19H22N4O3/c1-6-15(18(24)20-14-9-7-8-10(2)11(14)3)23-19(25)17-16(12(4)21-23)13(5)26-22-17/h7-9,15H,6H2,1-5H3,(H,20,24). The van der Waals surface area contributed by atoms with Crippen molar-refractivity contribution in [3.8, 4) is 0 Å². The summed E-state index contributed by atoms with van der Waals surface area (Å²) >= 11 is 0. The number of nitrogens with zero attached hydrogens (tertiary/aromatic N) is 3. The van der Waals surface area contributed by atoms with Gasteiger partial charge in [0.1, 0.15) is 11.8 Å². The van der Waals surface area contributed by atoms with Crippen LogP contribution in [0.4, 0.5) is 5.69 Å². The molecule has 2 aromatic heterocycles. The highest BCUT2D eigenvalue weighted by molar-refractivity contribution is 5.94. The molecule has 1 aromatic carbocycles. The molecule has 7 nitrogen and oxygen atoms in total. The Bertz CT molecular complexity index is 1050. The summed E-state index contributed by atoms with van der Waals surface area (Å²) in [5.74, 6) is 0.261. The lowest BCUT2D eigenvalue weighted by atomic mass is 10.1. The van der Waals surface area contributed by atoms with E-state index in [1.54, 1.807) is 13.8 Å². The van der Waals surface area contributed by atoms with E-state index in [0.717, 1.165) is 16.8 Å². The van der Waals surface area contributed by atoms with Crippen LogP contribution in [0.15, 0.2) is 27.5 Å². The number of hydrogen-bond acceptors (Lipinski definition) is 5. The molecular formula is C19H22N4O3. The first-order valence-corrected chi connectivity index (χ1v) is 8.57. The first-order valence-electron chi connectivity index (χ1n) is 8.57. The van der Waals surface area contributed by atoms with Crippen molar-refractivity contribution in [2.75, 3.05) is 5.32 Å². The van der Waals surface area contributed by atoms with E-state index < -0.39 is 11.6 Å². The molecule has 3 rings (SSSR count). The molecule has 2 heterocycles. The minimum absolute atomic E-state index is 0.202. The number of carbonyl (C=O) groups excluding carboxylic acids is 1. The second-order valence-electron chi connectivity index (χ2n) is 6.46. The minimum Gasteiger partial charge on any atom is -0.360 e. The van der Waals surface area contributed by atoms with Crippen LogP contribution in [-0.2, 0) is 4.79 Å². The molecule has 0 bridgehead atoms. The van der Waals surface area contributed by atoms with Crippen LogP contribution in [-0.4, -0.2) is 20.8 Å². The lowest BCUT2D eigenvalue weighted by Gasteiger charge is -2.18. The summed E-state index contributed by atoms with van der Waals surface area (Å²) in [6, 6.07) is 4.98. The molecule has 0 fully saturated rings. The van der Waals surface area contributed by atoms with Crippen molar-refractivity contribution in [3.63, 3.8) is 0 Å². The number of aromatic nitrogens is 3. The van der Waals surface area contributed by atoms with E-state index in [1.807, 2.05) is 39.0 Å². The lowest BCUT2D eigenvalue weighted by Crippen LogP contribution is -2.35. The van der Waals surface area contributed by atoms with Crippen LogP contribution in [0.2, 0.25) is 0 Å². The van der Waals surface area contributed by atoms with Gasteiger partial charge in [0.25, 0.3) is 5.56 Å². The molecule has 1 unspecified atom stereocenters.